The molecule has 6 heteroatoms. The minimum atomic E-state index is -0.166. The van der Waals surface area contributed by atoms with Gasteiger partial charge in [-0.2, -0.15) is 0 Å². The number of esters is 1. The van der Waals surface area contributed by atoms with Crippen molar-refractivity contribution in [3.8, 4) is 0 Å². The zero-order valence-electron chi connectivity index (χ0n) is 10.0. The summed E-state index contributed by atoms with van der Waals surface area (Å²) in [4.78, 5) is 25.3. The molecule has 0 bridgehead atoms. The number of nitrogens with zero attached hydrogens (tertiary/aromatic N) is 1. The fraction of sp³-hybridized carbons (Fsp3) is 0.500. The standard InChI is InChI=1S/C12H14BrNO3S/c1-17-12(16)8-2-4-14(5-3-8)11(15)9-6-10(13)18-7-9/h6-8H,2-5H2,1H3. The van der Waals surface area contributed by atoms with E-state index in [0.717, 1.165) is 3.79 Å². The fourth-order valence-electron chi connectivity index (χ4n) is 2.09. The van der Waals surface area contributed by atoms with Gasteiger partial charge in [-0.3, -0.25) is 9.59 Å². The Morgan fingerprint density at radius 1 is 1.44 bits per heavy atom. The van der Waals surface area contributed by atoms with Crippen LogP contribution in [-0.4, -0.2) is 37.0 Å². The zero-order chi connectivity index (χ0) is 13.1. The van der Waals surface area contributed by atoms with E-state index in [4.69, 9.17) is 4.74 Å². The molecule has 0 spiro atoms. The molecule has 1 aliphatic rings. The van der Waals surface area contributed by atoms with E-state index in [1.807, 2.05) is 11.4 Å². The molecule has 0 radical (unpaired) electrons. The predicted molar refractivity (Wildman–Crippen MR) is 72.7 cm³/mol. The van der Waals surface area contributed by atoms with E-state index in [1.54, 1.807) is 4.90 Å². The van der Waals surface area contributed by atoms with Crippen LogP contribution in [0.4, 0.5) is 0 Å². The van der Waals surface area contributed by atoms with E-state index in [0.29, 0.717) is 31.5 Å². The van der Waals surface area contributed by atoms with Crippen molar-refractivity contribution in [2.45, 2.75) is 12.8 Å². The van der Waals surface area contributed by atoms with Gasteiger partial charge < -0.3 is 9.64 Å². The number of carbonyl (C=O) groups excluding carboxylic acids is 2. The van der Waals surface area contributed by atoms with Crippen molar-refractivity contribution in [3.05, 3.63) is 20.8 Å². The van der Waals surface area contributed by atoms with Crippen molar-refractivity contribution in [1.29, 1.82) is 0 Å². The summed E-state index contributed by atoms with van der Waals surface area (Å²) in [6.07, 6.45) is 1.37. The van der Waals surface area contributed by atoms with Gasteiger partial charge in [-0.05, 0) is 34.8 Å². The van der Waals surface area contributed by atoms with Gasteiger partial charge in [0.1, 0.15) is 0 Å². The molecule has 1 amide bonds. The summed E-state index contributed by atoms with van der Waals surface area (Å²) < 4.78 is 5.68. The van der Waals surface area contributed by atoms with Crippen molar-refractivity contribution in [1.82, 2.24) is 4.90 Å². The van der Waals surface area contributed by atoms with Gasteiger partial charge in [0.05, 0.1) is 22.4 Å². The molecule has 0 unspecified atom stereocenters. The molecule has 98 valence electrons. The third-order valence-corrected chi connectivity index (χ3v) is 4.64. The Hall–Kier alpha value is -0.880. The second-order valence-electron chi connectivity index (χ2n) is 4.23. The van der Waals surface area contributed by atoms with Crippen LogP contribution in [0, 0.1) is 5.92 Å². The molecular weight excluding hydrogens is 318 g/mol. The third-order valence-electron chi connectivity index (χ3n) is 3.13. The second-order valence-corrected chi connectivity index (χ2v) is 6.52. The Morgan fingerprint density at radius 3 is 2.61 bits per heavy atom. The van der Waals surface area contributed by atoms with E-state index >= 15 is 0 Å². The SMILES string of the molecule is COC(=O)C1CCN(C(=O)c2csc(Br)c2)CC1. The molecule has 1 aromatic heterocycles. The lowest BCUT2D eigenvalue weighted by Gasteiger charge is -2.30. The predicted octanol–water partition coefficient (Wildman–Crippen LogP) is 2.54. The van der Waals surface area contributed by atoms with Gasteiger partial charge in [0, 0.05) is 18.5 Å². The van der Waals surface area contributed by atoms with Crippen LogP contribution in [0.15, 0.2) is 15.2 Å². The maximum atomic E-state index is 12.2. The summed E-state index contributed by atoms with van der Waals surface area (Å²) >= 11 is 4.85. The van der Waals surface area contributed by atoms with Crippen LogP contribution in [0.5, 0.6) is 0 Å². The number of piperidine rings is 1. The first-order valence-corrected chi connectivity index (χ1v) is 7.40. The van der Waals surface area contributed by atoms with Crippen molar-refractivity contribution in [2.24, 2.45) is 5.92 Å². The third kappa shape index (κ3) is 2.92. The minimum Gasteiger partial charge on any atom is -0.469 e. The van der Waals surface area contributed by atoms with E-state index in [9.17, 15) is 9.59 Å². The number of amides is 1. The zero-order valence-corrected chi connectivity index (χ0v) is 12.4. The van der Waals surface area contributed by atoms with E-state index in [2.05, 4.69) is 15.9 Å². The maximum Gasteiger partial charge on any atom is 0.308 e. The largest absolute Gasteiger partial charge is 0.469 e. The number of rotatable bonds is 2. The van der Waals surface area contributed by atoms with Crippen LogP contribution < -0.4 is 0 Å². The van der Waals surface area contributed by atoms with Gasteiger partial charge in [0.15, 0.2) is 0 Å². The number of hydrogen-bond acceptors (Lipinski definition) is 4. The molecule has 0 atom stereocenters. The van der Waals surface area contributed by atoms with Crippen LogP contribution in [0.25, 0.3) is 0 Å². The first kappa shape index (κ1) is 13.5. The van der Waals surface area contributed by atoms with Crippen molar-refractivity contribution < 1.29 is 14.3 Å². The summed E-state index contributed by atoms with van der Waals surface area (Å²) in [5.41, 5.74) is 0.711. The van der Waals surface area contributed by atoms with Gasteiger partial charge in [-0.15, -0.1) is 11.3 Å². The molecule has 0 aliphatic carbocycles. The Morgan fingerprint density at radius 2 is 2.11 bits per heavy atom. The molecule has 18 heavy (non-hydrogen) atoms. The number of methoxy groups -OCH3 is 1. The van der Waals surface area contributed by atoms with Crippen LogP contribution >= 0.6 is 27.3 Å². The normalized spacial score (nSPS) is 16.7. The molecule has 1 aliphatic heterocycles. The summed E-state index contributed by atoms with van der Waals surface area (Å²) in [5, 5.41) is 1.85. The van der Waals surface area contributed by atoms with Crippen molar-refractivity contribution in [3.63, 3.8) is 0 Å². The topological polar surface area (TPSA) is 46.6 Å². The molecule has 0 saturated carbocycles. The van der Waals surface area contributed by atoms with Crippen LogP contribution in [0.2, 0.25) is 0 Å². The Labute approximate surface area is 118 Å². The van der Waals surface area contributed by atoms with E-state index in [-0.39, 0.29) is 17.8 Å². The van der Waals surface area contributed by atoms with Crippen LogP contribution in [0.1, 0.15) is 23.2 Å². The van der Waals surface area contributed by atoms with Crippen molar-refractivity contribution >= 4 is 39.1 Å². The number of thiophene rings is 1. The van der Waals surface area contributed by atoms with Gasteiger partial charge in [0.25, 0.3) is 5.91 Å². The highest BCUT2D eigenvalue weighted by Crippen LogP contribution is 2.24. The second kappa shape index (κ2) is 5.84. The Bertz CT molecular complexity index is 452. The lowest BCUT2D eigenvalue weighted by molar-refractivity contribution is -0.146. The highest BCUT2D eigenvalue weighted by molar-refractivity contribution is 9.11. The lowest BCUT2D eigenvalue weighted by atomic mass is 9.97. The molecule has 2 rings (SSSR count). The average molecular weight is 332 g/mol. The number of hydrogen-bond donors (Lipinski definition) is 0. The monoisotopic (exact) mass is 331 g/mol. The fourth-order valence-corrected chi connectivity index (χ4v) is 3.22. The van der Waals surface area contributed by atoms with Crippen LogP contribution in [-0.2, 0) is 9.53 Å². The van der Waals surface area contributed by atoms with Crippen LogP contribution in [0.3, 0.4) is 0 Å². The summed E-state index contributed by atoms with van der Waals surface area (Å²) in [6.45, 7) is 1.23. The van der Waals surface area contributed by atoms with Crippen molar-refractivity contribution in [2.75, 3.05) is 20.2 Å². The number of likely N-dealkylation sites (tertiary alicyclic amines) is 1. The Balaban J connectivity index is 1.94. The molecule has 4 nitrogen and oxygen atoms in total. The highest BCUT2D eigenvalue weighted by Gasteiger charge is 2.28. The smallest absolute Gasteiger partial charge is 0.308 e. The molecule has 1 aromatic rings. The van der Waals surface area contributed by atoms with E-state index in [1.165, 1.54) is 18.4 Å². The summed E-state index contributed by atoms with van der Waals surface area (Å²) in [6, 6.07) is 1.83. The van der Waals surface area contributed by atoms with Gasteiger partial charge in [-0.25, -0.2) is 0 Å². The summed E-state index contributed by atoms with van der Waals surface area (Å²) in [5.74, 6) is -0.186. The molecular formula is C12H14BrNO3S. The first-order chi connectivity index (χ1) is 8.61. The average Bonchev–Trinajstić information content (AvgIpc) is 2.84. The number of halogens is 1. The van der Waals surface area contributed by atoms with Gasteiger partial charge >= 0.3 is 5.97 Å². The van der Waals surface area contributed by atoms with E-state index < -0.39 is 0 Å². The Kier molecular flexibility index (Phi) is 4.40. The molecule has 1 saturated heterocycles. The van der Waals surface area contributed by atoms with Gasteiger partial charge in [-0.1, -0.05) is 0 Å². The number of carbonyl (C=O) groups is 2. The molecule has 0 N–H and O–H groups in total. The lowest BCUT2D eigenvalue weighted by Crippen LogP contribution is -2.40. The first-order valence-electron chi connectivity index (χ1n) is 5.73. The summed E-state index contributed by atoms with van der Waals surface area (Å²) in [7, 11) is 1.41. The maximum absolute atomic E-state index is 12.2. The molecule has 2 heterocycles. The molecule has 1 fully saturated rings. The quantitative estimate of drug-likeness (QED) is 0.782. The number of ether oxygens (including phenoxy) is 1. The minimum absolute atomic E-state index is 0.0419. The highest BCUT2D eigenvalue weighted by atomic mass is 79.9. The molecule has 0 aromatic carbocycles. The van der Waals surface area contributed by atoms with Gasteiger partial charge in [0.2, 0.25) is 0 Å².